The zero-order chi connectivity index (χ0) is 11.2. The topological polar surface area (TPSA) is 21.3 Å². The van der Waals surface area contributed by atoms with Crippen molar-refractivity contribution < 1.29 is 4.74 Å². The van der Waals surface area contributed by atoms with Crippen LogP contribution in [0.15, 0.2) is 24.3 Å². The van der Waals surface area contributed by atoms with E-state index in [1.807, 2.05) is 19.1 Å². The van der Waals surface area contributed by atoms with Gasteiger partial charge in [0.2, 0.25) is 0 Å². The Morgan fingerprint density at radius 1 is 1.31 bits per heavy atom. The highest BCUT2D eigenvalue weighted by Crippen LogP contribution is 2.27. The van der Waals surface area contributed by atoms with E-state index < -0.39 is 0 Å². The number of hydrogen-bond acceptors (Lipinski definition) is 3. The molecule has 2 rings (SSSR count). The number of thioether (sulfide) groups is 1. The summed E-state index contributed by atoms with van der Waals surface area (Å²) in [6.45, 7) is 2.74. The van der Waals surface area contributed by atoms with Gasteiger partial charge in [-0.3, -0.25) is 0 Å². The highest BCUT2D eigenvalue weighted by atomic mass is 32.2. The standard InChI is InChI=1S/C13H19NOS/c1-2-15-13-6-4-3-5-12(13)14-11-7-9-16-10-8-11/h3-6,11,14H,2,7-10H2,1H3. The summed E-state index contributed by atoms with van der Waals surface area (Å²) in [5, 5.41) is 3.60. The number of nitrogens with one attached hydrogen (secondary N) is 1. The maximum absolute atomic E-state index is 5.61. The summed E-state index contributed by atoms with van der Waals surface area (Å²) in [6, 6.07) is 8.83. The van der Waals surface area contributed by atoms with Crippen LogP contribution in [-0.4, -0.2) is 24.2 Å². The first-order valence-electron chi connectivity index (χ1n) is 5.96. The Bertz CT molecular complexity index is 323. The summed E-state index contributed by atoms with van der Waals surface area (Å²) in [5.74, 6) is 3.52. The lowest BCUT2D eigenvalue weighted by Gasteiger charge is -2.24. The van der Waals surface area contributed by atoms with Crippen LogP contribution in [0.2, 0.25) is 0 Å². The van der Waals surface area contributed by atoms with Gasteiger partial charge in [-0.1, -0.05) is 12.1 Å². The zero-order valence-corrected chi connectivity index (χ0v) is 10.6. The van der Waals surface area contributed by atoms with E-state index in [1.54, 1.807) is 0 Å². The van der Waals surface area contributed by atoms with Gasteiger partial charge in [0.1, 0.15) is 5.75 Å². The first kappa shape index (κ1) is 11.6. The minimum atomic E-state index is 0.614. The van der Waals surface area contributed by atoms with Crippen LogP contribution in [0.5, 0.6) is 5.75 Å². The SMILES string of the molecule is CCOc1ccccc1NC1CCSCC1. The normalized spacial score (nSPS) is 17.1. The highest BCUT2D eigenvalue weighted by Gasteiger charge is 2.14. The molecular weight excluding hydrogens is 218 g/mol. The summed E-state index contributed by atoms with van der Waals surface area (Å²) >= 11 is 2.05. The molecule has 2 nitrogen and oxygen atoms in total. The van der Waals surface area contributed by atoms with E-state index in [1.165, 1.54) is 24.3 Å². The average Bonchev–Trinajstić information content (AvgIpc) is 2.33. The van der Waals surface area contributed by atoms with Crippen molar-refractivity contribution in [1.82, 2.24) is 0 Å². The first-order chi connectivity index (χ1) is 7.90. The van der Waals surface area contributed by atoms with Gasteiger partial charge in [-0.15, -0.1) is 0 Å². The van der Waals surface area contributed by atoms with Gasteiger partial charge in [0.25, 0.3) is 0 Å². The molecule has 1 fully saturated rings. The molecule has 3 heteroatoms. The molecule has 0 radical (unpaired) electrons. The second-order valence-corrected chi connectivity index (χ2v) is 5.18. The van der Waals surface area contributed by atoms with Crippen LogP contribution in [0.4, 0.5) is 5.69 Å². The van der Waals surface area contributed by atoms with Crippen molar-refractivity contribution in [3.05, 3.63) is 24.3 Å². The predicted octanol–water partition coefficient (Wildman–Crippen LogP) is 3.39. The number of ether oxygens (including phenoxy) is 1. The average molecular weight is 237 g/mol. The molecule has 88 valence electrons. The van der Waals surface area contributed by atoms with Crippen LogP contribution in [0.1, 0.15) is 19.8 Å². The smallest absolute Gasteiger partial charge is 0.142 e. The lowest BCUT2D eigenvalue weighted by atomic mass is 10.1. The number of rotatable bonds is 4. The second kappa shape index (κ2) is 6.04. The maximum Gasteiger partial charge on any atom is 0.142 e. The molecule has 1 aliphatic heterocycles. The van der Waals surface area contributed by atoms with Crippen LogP contribution in [0.25, 0.3) is 0 Å². The van der Waals surface area contributed by atoms with Crippen molar-refractivity contribution in [3.63, 3.8) is 0 Å². The lowest BCUT2D eigenvalue weighted by molar-refractivity contribution is 0.341. The Morgan fingerprint density at radius 2 is 2.06 bits per heavy atom. The molecule has 0 aromatic heterocycles. The molecule has 1 heterocycles. The lowest BCUT2D eigenvalue weighted by Crippen LogP contribution is -2.24. The fourth-order valence-electron chi connectivity index (χ4n) is 1.93. The minimum Gasteiger partial charge on any atom is -0.492 e. The van der Waals surface area contributed by atoms with E-state index in [-0.39, 0.29) is 0 Å². The van der Waals surface area contributed by atoms with Crippen LogP contribution >= 0.6 is 11.8 Å². The monoisotopic (exact) mass is 237 g/mol. The van der Waals surface area contributed by atoms with Gasteiger partial charge in [0.15, 0.2) is 0 Å². The molecule has 0 amide bonds. The third-order valence-electron chi connectivity index (χ3n) is 2.77. The first-order valence-corrected chi connectivity index (χ1v) is 7.11. The largest absolute Gasteiger partial charge is 0.492 e. The Balaban J connectivity index is 2.01. The summed E-state index contributed by atoms with van der Waals surface area (Å²) in [5.41, 5.74) is 1.14. The van der Waals surface area contributed by atoms with Crippen molar-refractivity contribution in [2.75, 3.05) is 23.4 Å². The summed E-state index contributed by atoms with van der Waals surface area (Å²) < 4.78 is 5.61. The third-order valence-corrected chi connectivity index (χ3v) is 3.82. The van der Waals surface area contributed by atoms with Gasteiger partial charge in [0.05, 0.1) is 12.3 Å². The Morgan fingerprint density at radius 3 is 2.81 bits per heavy atom. The molecule has 0 bridgehead atoms. The molecule has 1 saturated heterocycles. The fraction of sp³-hybridized carbons (Fsp3) is 0.538. The second-order valence-electron chi connectivity index (χ2n) is 3.96. The third kappa shape index (κ3) is 3.08. The molecule has 0 saturated carbocycles. The minimum absolute atomic E-state index is 0.614. The van der Waals surface area contributed by atoms with E-state index in [0.717, 1.165) is 18.0 Å². The van der Waals surface area contributed by atoms with E-state index >= 15 is 0 Å². The Hall–Kier alpha value is -0.830. The summed E-state index contributed by atoms with van der Waals surface area (Å²) in [7, 11) is 0. The molecule has 0 unspecified atom stereocenters. The molecule has 1 aromatic carbocycles. The van der Waals surface area contributed by atoms with Gasteiger partial charge < -0.3 is 10.1 Å². The van der Waals surface area contributed by atoms with E-state index in [9.17, 15) is 0 Å². The number of hydrogen-bond donors (Lipinski definition) is 1. The van der Waals surface area contributed by atoms with Crippen LogP contribution in [0.3, 0.4) is 0 Å². The van der Waals surface area contributed by atoms with Gasteiger partial charge in [0, 0.05) is 6.04 Å². The van der Waals surface area contributed by atoms with E-state index in [0.29, 0.717) is 6.04 Å². The van der Waals surface area contributed by atoms with Crippen LogP contribution in [-0.2, 0) is 0 Å². The van der Waals surface area contributed by atoms with Crippen molar-refractivity contribution >= 4 is 17.4 Å². The number of para-hydroxylation sites is 2. The van der Waals surface area contributed by atoms with E-state index in [4.69, 9.17) is 4.74 Å². The molecule has 0 atom stereocenters. The quantitative estimate of drug-likeness (QED) is 0.867. The molecule has 0 spiro atoms. The zero-order valence-electron chi connectivity index (χ0n) is 9.74. The van der Waals surface area contributed by atoms with Gasteiger partial charge in [-0.2, -0.15) is 11.8 Å². The van der Waals surface area contributed by atoms with Crippen LogP contribution < -0.4 is 10.1 Å². The summed E-state index contributed by atoms with van der Waals surface area (Å²) in [6.07, 6.45) is 2.51. The fourth-order valence-corrected chi connectivity index (χ4v) is 3.04. The molecule has 0 aliphatic carbocycles. The van der Waals surface area contributed by atoms with Crippen molar-refractivity contribution in [3.8, 4) is 5.75 Å². The van der Waals surface area contributed by atoms with Crippen molar-refractivity contribution in [1.29, 1.82) is 0 Å². The number of benzene rings is 1. The Kier molecular flexibility index (Phi) is 4.40. The van der Waals surface area contributed by atoms with Crippen LogP contribution in [0, 0.1) is 0 Å². The molecular formula is C13H19NOS. The molecule has 16 heavy (non-hydrogen) atoms. The van der Waals surface area contributed by atoms with Gasteiger partial charge in [-0.25, -0.2) is 0 Å². The van der Waals surface area contributed by atoms with E-state index in [2.05, 4.69) is 29.2 Å². The van der Waals surface area contributed by atoms with Crippen molar-refractivity contribution in [2.45, 2.75) is 25.8 Å². The predicted molar refractivity (Wildman–Crippen MR) is 71.6 cm³/mol. The highest BCUT2D eigenvalue weighted by molar-refractivity contribution is 7.99. The number of anilines is 1. The Labute approximate surface area is 102 Å². The van der Waals surface area contributed by atoms with Gasteiger partial charge >= 0.3 is 0 Å². The maximum atomic E-state index is 5.61. The molecule has 1 aliphatic rings. The van der Waals surface area contributed by atoms with Gasteiger partial charge in [-0.05, 0) is 43.4 Å². The molecule has 1 aromatic rings. The van der Waals surface area contributed by atoms with Crippen molar-refractivity contribution in [2.24, 2.45) is 0 Å². The molecule has 1 N–H and O–H groups in total. The summed E-state index contributed by atoms with van der Waals surface area (Å²) in [4.78, 5) is 0.